The van der Waals surface area contributed by atoms with Crippen molar-refractivity contribution in [2.24, 2.45) is 0 Å². The zero-order valence-corrected chi connectivity index (χ0v) is 14.8. The van der Waals surface area contributed by atoms with Crippen LogP contribution in [0.15, 0.2) is 30.3 Å². The maximum Gasteiger partial charge on any atom is 0.125 e. The molecule has 0 saturated heterocycles. The van der Waals surface area contributed by atoms with Crippen molar-refractivity contribution in [3.05, 3.63) is 49.5 Å². The van der Waals surface area contributed by atoms with Gasteiger partial charge in [-0.1, -0.05) is 6.92 Å². The van der Waals surface area contributed by atoms with Gasteiger partial charge in [-0.3, -0.25) is 0 Å². The predicted molar refractivity (Wildman–Crippen MR) is 94.8 cm³/mol. The molecule has 5 heteroatoms. The van der Waals surface area contributed by atoms with Crippen molar-refractivity contribution in [2.45, 2.75) is 25.8 Å². The van der Waals surface area contributed by atoms with Crippen LogP contribution >= 0.6 is 45.5 Å². The average molecular weight is 417 g/mol. The van der Waals surface area contributed by atoms with E-state index in [0.717, 1.165) is 29.8 Å². The second-order valence-corrected chi connectivity index (χ2v) is 7.37. The van der Waals surface area contributed by atoms with Gasteiger partial charge in [-0.15, -0.1) is 22.9 Å². The van der Waals surface area contributed by atoms with Gasteiger partial charge in [-0.25, -0.2) is 4.98 Å². The normalized spacial score (nSPS) is 11.3. The Morgan fingerprint density at radius 3 is 2.75 bits per heavy atom. The number of hydrogen-bond acceptors (Lipinski definition) is 2. The summed E-state index contributed by atoms with van der Waals surface area (Å²) in [7, 11) is 0. The molecule has 20 heavy (non-hydrogen) atoms. The third-order valence-corrected chi connectivity index (χ3v) is 5.41. The molecule has 3 aromatic rings. The highest BCUT2D eigenvalue weighted by molar-refractivity contribution is 14.1. The van der Waals surface area contributed by atoms with E-state index in [4.69, 9.17) is 11.6 Å². The van der Waals surface area contributed by atoms with Gasteiger partial charge in [-0.05, 0) is 59.3 Å². The number of benzene rings is 1. The van der Waals surface area contributed by atoms with Crippen LogP contribution in [0, 0.1) is 3.57 Å². The first-order valence-corrected chi connectivity index (χ1v) is 8.92. The fourth-order valence-corrected chi connectivity index (χ4v) is 3.91. The summed E-state index contributed by atoms with van der Waals surface area (Å²) in [5, 5.41) is 0. The highest BCUT2D eigenvalue weighted by Gasteiger charge is 2.11. The topological polar surface area (TPSA) is 17.8 Å². The summed E-state index contributed by atoms with van der Waals surface area (Å²) in [5.74, 6) is 1.38. The highest BCUT2D eigenvalue weighted by Crippen LogP contribution is 2.24. The summed E-state index contributed by atoms with van der Waals surface area (Å²) in [6.45, 7) is 3.04. The minimum Gasteiger partial charge on any atom is -0.322 e. The van der Waals surface area contributed by atoms with Gasteiger partial charge in [0.2, 0.25) is 0 Å². The molecular formula is C15H14ClIN2S. The Hall–Kier alpha value is -0.590. The lowest BCUT2D eigenvalue weighted by Crippen LogP contribution is -2.02. The number of imidazole rings is 1. The lowest BCUT2D eigenvalue weighted by Gasteiger charge is -2.06. The Morgan fingerprint density at radius 2 is 2.05 bits per heavy atom. The van der Waals surface area contributed by atoms with Crippen LogP contribution in [0.5, 0.6) is 0 Å². The van der Waals surface area contributed by atoms with Crippen molar-refractivity contribution in [2.75, 3.05) is 0 Å². The van der Waals surface area contributed by atoms with E-state index in [2.05, 4.69) is 69.4 Å². The van der Waals surface area contributed by atoms with Crippen LogP contribution in [0.25, 0.3) is 11.0 Å². The van der Waals surface area contributed by atoms with E-state index in [1.807, 2.05) is 11.3 Å². The minimum atomic E-state index is 0.442. The number of thiophene rings is 1. The summed E-state index contributed by atoms with van der Waals surface area (Å²) in [6, 6.07) is 10.8. The number of alkyl halides is 1. The fraction of sp³-hybridized carbons (Fsp3) is 0.267. The molecule has 0 radical (unpaired) electrons. The Bertz CT molecular complexity index is 747. The number of halogens is 2. The van der Waals surface area contributed by atoms with Crippen LogP contribution in [0.1, 0.15) is 22.5 Å². The number of hydrogen-bond donors (Lipinski definition) is 0. The number of fused-ring (bicyclic) bond motifs is 1. The first-order chi connectivity index (χ1) is 9.71. The smallest absolute Gasteiger partial charge is 0.125 e. The van der Waals surface area contributed by atoms with E-state index in [-0.39, 0.29) is 0 Å². The van der Waals surface area contributed by atoms with Gasteiger partial charge in [0.05, 0.1) is 23.5 Å². The molecule has 0 aliphatic heterocycles. The van der Waals surface area contributed by atoms with Crippen LogP contribution in [-0.4, -0.2) is 9.55 Å². The average Bonchev–Trinajstić information content (AvgIpc) is 3.03. The summed E-state index contributed by atoms with van der Waals surface area (Å²) < 4.78 is 3.43. The molecule has 0 aliphatic carbocycles. The van der Waals surface area contributed by atoms with Gasteiger partial charge < -0.3 is 4.57 Å². The molecule has 1 aromatic carbocycles. The largest absolute Gasteiger partial charge is 0.322 e. The number of rotatable bonds is 4. The summed E-state index contributed by atoms with van der Waals surface area (Å²) in [4.78, 5) is 7.42. The van der Waals surface area contributed by atoms with Crippen LogP contribution in [0.3, 0.4) is 0 Å². The molecule has 0 unspecified atom stereocenters. The van der Waals surface area contributed by atoms with Gasteiger partial charge in [-0.2, -0.15) is 0 Å². The molecule has 3 rings (SSSR count). The van der Waals surface area contributed by atoms with E-state index in [1.165, 1.54) is 13.3 Å². The Balaban J connectivity index is 2.04. The quantitative estimate of drug-likeness (QED) is 0.430. The summed E-state index contributed by atoms with van der Waals surface area (Å²) >= 11 is 10.2. The van der Waals surface area contributed by atoms with E-state index in [0.29, 0.717) is 5.88 Å². The van der Waals surface area contributed by atoms with Crippen molar-refractivity contribution >= 4 is 56.6 Å². The predicted octanol–water partition coefficient (Wildman–Crippen LogP) is 5.05. The van der Waals surface area contributed by atoms with E-state index >= 15 is 0 Å². The van der Waals surface area contributed by atoms with Gasteiger partial charge in [0.1, 0.15) is 5.82 Å². The molecule has 0 bridgehead atoms. The zero-order valence-electron chi connectivity index (χ0n) is 11.1. The maximum absolute atomic E-state index is 6.06. The third-order valence-electron chi connectivity index (χ3n) is 3.29. The van der Waals surface area contributed by atoms with Crippen molar-refractivity contribution in [1.29, 1.82) is 0 Å². The minimum absolute atomic E-state index is 0.442. The second kappa shape index (κ2) is 6.03. The molecule has 0 amide bonds. The van der Waals surface area contributed by atoms with Crippen LogP contribution in [-0.2, 0) is 18.8 Å². The number of aryl methyl sites for hydroxylation is 1. The molecular weight excluding hydrogens is 403 g/mol. The molecule has 0 aliphatic rings. The van der Waals surface area contributed by atoms with Gasteiger partial charge in [0, 0.05) is 13.3 Å². The Morgan fingerprint density at radius 1 is 1.25 bits per heavy atom. The van der Waals surface area contributed by atoms with Crippen LogP contribution in [0.2, 0.25) is 0 Å². The monoisotopic (exact) mass is 416 g/mol. The van der Waals surface area contributed by atoms with Crippen molar-refractivity contribution in [1.82, 2.24) is 9.55 Å². The number of aromatic nitrogens is 2. The van der Waals surface area contributed by atoms with Gasteiger partial charge in [0.15, 0.2) is 0 Å². The summed E-state index contributed by atoms with van der Waals surface area (Å²) in [5.41, 5.74) is 2.19. The molecule has 104 valence electrons. The van der Waals surface area contributed by atoms with Crippen LogP contribution in [0.4, 0.5) is 0 Å². The van der Waals surface area contributed by atoms with E-state index in [9.17, 15) is 0 Å². The highest BCUT2D eigenvalue weighted by atomic mass is 127. The Kier molecular flexibility index (Phi) is 4.33. The molecule has 0 spiro atoms. The molecule has 0 atom stereocenters. The van der Waals surface area contributed by atoms with Crippen molar-refractivity contribution in [3.63, 3.8) is 0 Å². The SMILES string of the molecule is CCc1ccc(Cn2c(CCl)nc3cc(I)ccc32)s1. The van der Waals surface area contributed by atoms with E-state index < -0.39 is 0 Å². The first-order valence-electron chi connectivity index (χ1n) is 6.49. The van der Waals surface area contributed by atoms with Crippen molar-refractivity contribution < 1.29 is 0 Å². The lowest BCUT2D eigenvalue weighted by atomic mass is 10.3. The van der Waals surface area contributed by atoms with E-state index in [1.54, 1.807) is 0 Å². The fourth-order valence-electron chi connectivity index (χ4n) is 2.28. The maximum atomic E-state index is 6.06. The molecule has 0 fully saturated rings. The van der Waals surface area contributed by atoms with Gasteiger partial charge >= 0.3 is 0 Å². The molecule has 2 aromatic heterocycles. The third kappa shape index (κ3) is 2.73. The number of nitrogens with zero attached hydrogens (tertiary/aromatic N) is 2. The lowest BCUT2D eigenvalue weighted by molar-refractivity contribution is 0.789. The molecule has 2 nitrogen and oxygen atoms in total. The Labute approximate surface area is 140 Å². The van der Waals surface area contributed by atoms with Crippen LogP contribution < -0.4 is 0 Å². The standard InChI is InChI=1S/C15H14ClIN2S/c1-2-11-4-5-12(20-11)9-19-14-6-3-10(17)7-13(14)18-15(19)8-16/h3-7H,2,8-9H2,1H3. The molecule has 0 N–H and O–H groups in total. The van der Waals surface area contributed by atoms with Crippen molar-refractivity contribution in [3.8, 4) is 0 Å². The van der Waals surface area contributed by atoms with Gasteiger partial charge in [0.25, 0.3) is 0 Å². The molecule has 0 saturated carbocycles. The first kappa shape index (κ1) is 14.4. The molecule has 2 heterocycles. The zero-order chi connectivity index (χ0) is 14.1. The second-order valence-electron chi connectivity index (χ2n) is 4.60. The summed E-state index contributed by atoms with van der Waals surface area (Å²) in [6.07, 6.45) is 1.09.